The van der Waals surface area contributed by atoms with Crippen LogP contribution in [0, 0.1) is 15.9 Å². The van der Waals surface area contributed by atoms with Gasteiger partial charge in [0.15, 0.2) is 5.75 Å². The first-order chi connectivity index (χ1) is 8.92. The summed E-state index contributed by atoms with van der Waals surface area (Å²) >= 11 is 0. The standard InChI is InChI=1S/C11H11FN2O5/c12-7-1-2-9(8(3-7)14(17)18)19-11(4-10(15)16)5-13-6-11/h1-3,13H,4-6H2,(H,15,16). The zero-order valence-electron chi connectivity index (χ0n) is 9.76. The number of hydrogen-bond donors (Lipinski definition) is 2. The SMILES string of the molecule is O=C(O)CC1(Oc2ccc(F)cc2[N+](=O)[O-])CNC1. The van der Waals surface area contributed by atoms with Crippen molar-refractivity contribution in [1.29, 1.82) is 0 Å². The van der Waals surface area contributed by atoms with Gasteiger partial charge in [-0.15, -0.1) is 0 Å². The molecular formula is C11H11FN2O5. The molecule has 1 heterocycles. The van der Waals surface area contributed by atoms with Crippen molar-refractivity contribution in [2.45, 2.75) is 12.0 Å². The predicted octanol–water partition coefficient (Wildman–Crippen LogP) is 0.929. The molecule has 2 rings (SSSR count). The number of rotatable bonds is 5. The molecular weight excluding hydrogens is 259 g/mol. The minimum absolute atomic E-state index is 0.130. The molecule has 19 heavy (non-hydrogen) atoms. The number of ether oxygens (including phenoxy) is 1. The van der Waals surface area contributed by atoms with E-state index in [1.54, 1.807) is 0 Å². The Morgan fingerprint density at radius 1 is 1.58 bits per heavy atom. The summed E-state index contributed by atoms with van der Waals surface area (Å²) in [5, 5.41) is 22.5. The summed E-state index contributed by atoms with van der Waals surface area (Å²) < 4.78 is 18.4. The van der Waals surface area contributed by atoms with Gasteiger partial charge >= 0.3 is 11.7 Å². The van der Waals surface area contributed by atoms with Crippen LogP contribution in [0.4, 0.5) is 10.1 Å². The maximum Gasteiger partial charge on any atom is 0.313 e. The fourth-order valence-electron chi connectivity index (χ4n) is 1.87. The topological polar surface area (TPSA) is 102 Å². The van der Waals surface area contributed by atoms with Gasteiger partial charge in [-0.3, -0.25) is 14.9 Å². The van der Waals surface area contributed by atoms with Crippen LogP contribution in [0.3, 0.4) is 0 Å². The molecule has 0 aliphatic carbocycles. The predicted molar refractivity (Wildman–Crippen MR) is 61.5 cm³/mol. The van der Waals surface area contributed by atoms with E-state index in [1.807, 2.05) is 0 Å². The second-order valence-electron chi connectivity index (χ2n) is 4.33. The molecule has 1 aliphatic heterocycles. The molecule has 1 aromatic carbocycles. The van der Waals surface area contributed by atoms with Gasteiger partial charge in [0.25, 0.3) is 0 Å². The summed E-state index contributed by atoms with van der Waals surface area (Å²) in [6, 6.07) is 2.91. The van der Waals surface area contributed by atoms with Gasteiger partial charge in [-0.2, -0.15) is 0 Å². The van der Waals surface area contributed by atoms with Crippen LogP contribution in [-0.2, 0) is 4.79 Å². The number of carboxylic acid groups (broad SMARTS) is 1. The van der Waals surface area contributed by atoms with Crippen LogP contribution in [-0.4, -0.2) is 34.7 Å². The van der Waals surface area contributed by atoms with E-state index in [0.717, 1.165) is 18.2 Å². The van der Waals surface area contributed by atoms with Crippen molar-refractivity contribution >= 4 is 11.7 Å². The van der Waals surface area contributed by atoms with Crippen LogP contribution < -0.4 is 10.1 Å². The first-order valence-corrected chi connectivity index (χ1v) is 5.47. The molecule has 0 bridgehead atoms. The van der Waals surface area contributed by atoms with Crippen LogP contribution in [0.25, 0.3) is 0 Å². The van der Waals surface area contributed by atoms with Gasteiger partial charge in [0.1, 0.15) is 11.4 Å². The maximum atomic E-state index is 13.0. The highest BCUT2D eigenvalue weighted by Gasteiger charge is 2.42. The van der Waals surface area contributed by atoms with Gasteiger partial charge in [-0.25, -0.2) is 4.39 Å². The van der Waals surface area contributed by atoms with Crippen LogP contribution in [0.5, 0.6) is 5.75 Å². The molecule has 0 unspecified atom stereocenters. The Balaban J connectivity index is 2.27. The average molecular weight is 270 g/mol. The molecule has 0 aromatic heterocycles. The van der Waals surface area contributed by atoms with E-state index >= 15 is 0 Å². The van der Waals surface area contributed by atoms with Crippen LogP contribution in [0.15, 0.2) is 18.2 Å². The minimum Gasteiger partial charge on any atom is -0.481 e. The summed E-state index contributed by atoms with van der Waals surface area (Å²) in [5.41, 5.74) is -1.54. The summed E-state index contributed by atoms with van der Waals surface area (Å²) in [7, 11) is 0. The summed E-state index contributed by atoms with van der Waals surface area (Å²) in [4.78, 5) is 20.8. The van der Waals surface area contributed by atoms with Crippen molar-refractivity contribution in [2.24, 2.45) is 0 Å². The smallest absolute Gasteiger partial charge is 0.313 e. The van der Waals surface area contributed by atoms with Crippen LogP contribution in [0.2, 0.25) is 0 Å². The first kappa shape index (κ1) is 13.2. The number of nitrogens with one attached hydrogen (secondary N) is 1. The van der Waals surface area contributed by atoms with Crippen molar-refractivity contribution in [2.75, 3.05) is 13.1 Å². The highest BCUT2D eigenvalue weighted by Crippen LogP contribution is 2.33. The molecule has 8 heteroatoms. The third-order valence-corrected chi connectivity index (χ3v) is 2.81. The number of halogens is 1. The van der Waals surface area contributed by atoms with E-state index in [2.05, 4.69) is 5.32 Å². The fourth-order valence-corrected chi connectivity index (χ4v) is 1.87. The zero-order valence-corrected chi connectivity index (χ0v) is 9.76. The monoisotopic (exact) mass is 270 g/mol. The number of benzene rings is 1. The average Bonchev–Trinajstić information content (AvgIpc) is 2.27. The van der Waals surface area contributed by atoms with E-state index < -0.39 is 28.0 Å². The highest BCUT2D eigenvalue weighted by molar-refractivity contribution is 5.68. The number of hydrogen-bond acceptors (Lipinski definition) is 5. The van der Waals surface area contributed by atoms with Gasteiger partial charge in [-0.1, -0.05) is 0 Å². The molecule has 2 N–H and O–H groups in total. The summed E-state index contributed by atoms with van der Waals surface area (Å²) in [6.45, 7) is 0.543. The van der Waals surface area contributed by atoms with E-state index in [4.69, 9.17) is 9.84 Å². The Morgan fingerprint density at radius 2 is 2.26 bits per heavy atom. The lowest BCUT2D eigenvalue weighted by Gasteiger charge is -2.41. The molecule has 1 aromatic rings. The van der Waals surface area contributed by atoms with Gasteiger partial charge in [0.2, 0.25) is 0 Å². The molecule has 0 spiro atoms. The molecule has 0 amide bonds. The molecule has 0 radical (unpaired) electrons. The Kier molecular flexibility index (Phi) is 3.34. The van der Waals surface area contributed by atoms with E-state index in [-0.39, 0.29) is 25.3 Å². The summed E-state index contributed by atoms with van der Waals surface area (Å²) in [5.74, 6) is -1.95. The zero-order chi connectivity index (χ0) is 14.0. The number of nitro groups is 1. The number of carbonyl (C=O) groups is 1. The Morgan fingerprint density at radius 3 is 2.74 bits per heavy atom. The third kappa shape index (κ3) is 2.79. The number of nitro benzene ring substituents is 1. The second kappa shape index (κ2) is 4.81. The largest absolute Gasteiger partial charge is 0.481 e. The fraction of sp³-hybridized carbons (Fsp3) is 0.364. The molecule has 102 valence electrons. The first-order valence-electron chi connectivity index (χ1n) is 5.47. The molecule has 1 aliphatic rings. The van der Waals surface area contributed by atoms with Crippen LogP contribution >= 0.6 is 0 Å². The van der Waals surface area contributed by atoms with Gasteiger partial charge < -0.3 is 15.2 Å². The Bertz CT molecular complexity index is 530. The van der Waals surface area contributed by atoms with E-state index in [1.165, 1.54) is 0 Å². The van der Waals surface area contributed by atoms with Gasteiger partial charge in [0.05, 0.1) is 17.4 Å². The molecule has 7 nitrogen and oxygen atoms in total. The number of nitrogens with zero attached hydrogens (tertiary/aromatic N) is 1. The highest BCUT2D eigenvalue weighted by atomic mass is 19.1. The molecule has 0 saturated carbocycles. The maximum absolute atomic E-state index is 13.0. The lowest BCUT2D eigenvalue weighted by Crippen LogP contribution is -2.64. The van der Waals surface area contributed by atoms with Crippen molar-refractivity contribution in [3.05, 3.63) is 34.1 Å². The normalized spacial score (nSPS) is 16.5. The van der Waals surface area contributed by atoms with Crippen LogP contribution in [0.1, 0.15) is 6.42 Å². The summed E-state index contributed by atoms with van der Waals surface area (Å²) in [6.07, 6.45) is -0.283. The molecule has 0 atom stereocenters. The van der Waals surface area contributed by atoms with Crippen molar-refractivity contribution in [3.63, 3.8) is 0 Å². The van der Waals surface area contributed by atoms with E-state index in [0.29, 0.717) is 0 Å². The second-order valence-corrected chi connectivity index (χ2v) is 4.33. The van der Waals surface area contributed by atoms with Crippen molar-refractivity contribution in [1.82, 2.24) is 5.32 Å². The number of carboxylic acids is 1. The van der Waals surface area contributed by atoms with E-state index in [9.17, 15) is 19.3 Å². The van der Waals surface area contributed by atoms with Crippen molar-refractivity contribution in [3.8, 4) is 5.75 Å². The lowest BCUT2D eigenvalue weighted by atomic mass is 9.92. The third-order valence-electron chi connectivity index (χ3n) is 2.81. The van der Waals surface area contributed by atoms with Crippen molar-refractivity contribution < 1.29 is 24.0 Å². The minimum atomic E-state index is -1.06. The van der Waals surface area contributed by atoms with Gasteiger partial charge in [0, 0.05) is 13.1 Å². The molecule has 1 fully saturated rings. The Hall–Kier alpha value is -2.22. The molecule has 1 saturated heterocycles. The van der Waals surface area contributed by atoms with Gasteiger partial charge in [-0.05, 0) is 12.1 Å². The quantitative estimate of drug-likeness (QED) is 0.609. The lowest BCUT2D eigenvalue weighted by molar-refractivity contribution is -0.386. The number of aliphatic carboxylic acids is 1. The Labute approximate surface area is 107 Å².